The van der Waals surface area contributed by atoms with Crippen molar-refractivity contribution in [2.45, 2.75) is 6.92 Å². The molecule has 116 valence electrons. The van der Waals surface area contributed by atoms with Crippen LogP contribution in [-0.4, -0.2) is 29.1 Å². The molecule has 1 aromatic heterocycles. The summed E-state index contributed by atoms with van der Waals surface area (Å²) in [5.74, 6) is -0.365. The van der Waals surface area contributed by atoms with Crippen LogP contribution < -0.4 is 0 Å². The third kappa shape index (κ3) is 3.77. The second kappa shape index (κ2) is 7.58. The number of carbonyl (C=O) groups excluding carboxylic acids is 1. The number of rotatable bonds is 6. The number of halogens is 2. The van der Waals surface area contributed by atoms with Crippen molar-refractivity contribution in [3.05, 3.63) is 52.5 Å². The van der Waals surface area contributed by atoms with E-state index in [9.17, 15) is 4.79 Å². The lowest BCUT2D eigenvalue weighted by Crippen LogP contribution is -2.20. The zero-order valence-electron chi connectivity index (χ0n) is 12.3. The highest BCUT2D eigenvalue weighted by molar-refractivity contribution is 6.38. The van der Waals surface area contributed by atoms with Gasteiger partial charge in [-0.3, -0.25) is 4.79 Å². The van der Waals surface area contributed by atoms with Crippen LogP contribution in [-0.2, 0) is 9.53 Å². The van der Waals surface area contributed by atoms with Crippen molar-refractivity contribution < 1.29 is 9.53 Å². The molecule has 0 saturated heterocycles. The van der Waals surface area contributed by atoms with E-state index in [1.54, 1.807) is 54.7 Å². The number of hydrogen-bond acceptors (Lipinski definition) is 3. The number of ether oxygens (including phenoxy) is 1. The van der Waals surface area contributed by atoms with Crippen LogP contribution in [0, 0.1) is 5.92 Å². The summed E-state index contributed by atoms with van der Waals surface area (Å²) in [4.78, 5) is 16.7. The first-order chi connectivity index (χ1) is 10.5. The van der Waals surface area contributed by atoms with Crippen molar-refractivity contribution in [2.24, 2.45) is 5.92 Å². The maximum absolute atomic E-state index is 12.7. The van der Waals surface area contributed by atoms with E-state index in [4.69, 9.17) is 27.9 Å². The third-order valence-corrected chi connectivity index (χ3v) is 3.84. The van der Waals surface area contributed by atoms with Crippen molar-refractivity contribution in [3.63, 3.8) is 0 Å². The highest BCUT2D eigenvalue weighted by Crippen LogP contribution is 2.28. The molecule has 0 bridgehead atoms. The Kier molecular flexibility index (Phi) is 5.77. The van der Waals surface area contributed by atoms with E-state index < -0.39 is 0 Å². The highest BCUT2D eigenvalue weighted by Gasteiger charge is 2.20. The molecule has 2 rings (SSSR count). The summed E-state index contributed by atoms with van der Waals surface area (Å²) >= 11 is 12.4. The van der Waals surface area contributed by atoms with E-state index in [2.05, 4.69) is 4.98 Å². The van der Waals surface area contributed by atoms with Crippen molar-refractivity contribution in [3.8, 4) is 0 Å². The van der Waals surface area contributed by atoms with Crippen LogP contribution in [0.1, 0.15) is 12.5 Å². The zero-order valence-corrected chi connectivity index (χ0v) is 13.8. The molecule has 4 nitrogen and oxygen atoms in total. The predicted molar refractivity (Wildman–Crippen MR) is 88.9 cm³/mol. The summed E-state index contributed by atoms with van der Waals surface area (Å²) in [5, 5.41) is 0.967. The van der Waals surface area contributed by atoms with Gasteiger partial charge in [0.25, 0.3) is 0 Å². The maximum atomic E-state index is 12.7. The fourth-order valence-corrected chi connectivity index (χ4v) is 2.54. The quantitative estimate of drug-likeness (QED) is 0.746. The Labute approximate surface area is 139 Å². The van der Waals surface area contributed by atoms with E-state index in [-0.39, 0.29) is 11.7 Å². The molecule has 0 aliphatic heterocycles. The van der Waals surface area contributed by atoms with E-state index >= 15 is 0 Å². The maximum Gasteiger partial charge on any atom is 0.184 e. The molecular formula is C16H16Cl2N2O2. The van der Waals surface area contributed by atoms with Crippen LogP contribution in [0.2, 0.25) is 10.0 Å². The van der Waals surface area contributed by atoms with Crippen molar-refractivity contribution >= 4 is 40.8 Å². The minimum Gasteiger partial charge on any atom is -0.384 e. The topological polar surface area (TPSA) is 44.1 Å². The molecule has 0 amide bonds. The third-order valence-electron chi connectivity index (χ3n) is 3.18. The summed E-state index contributed by atoms with van der Waals surface area (Å²) in [6, 6.07) is 5.22. The largest absolute Gasteiger partial charge is 0.384 e. The second-order valence-electron chi connectivity index (χ2n) is 4.86. The van der Waals surface area contributed by atoms with E-state index in [0.29, 0.717) is 27.9 Å². The second-order valence-corrected chi connectivity index (χ2v) is 5.67. The minimum atomic E-state index is -0.292. The van der Waals surface area contributed by atoms with Crippen LogP contribution in [0.4, 0.5) is 0 Å². The number of Topliss-reactive ketones (excluding diaryl/α,β-unsaturated/α-hetero) is 1. The van der Waals surface area contributed by atoms with Gasteiger partial charge in [0.2, 0.25) is 0 Å². The van der Waals surface area contributed by atoms with Gasteiger partial charge in [0.1, 0.15) is 0 Å². The molecule has 22 heavy (non-hydrogen) atoms. The van der Waals surface area contributed by atoms with Crippen LogP contribution in [0.5, 0.6) is 0 Å². The average molecular weight is 339 g/mol. The van der Waals surface area contributed by atoms with Gasteiger partial charge in [0.15, 0.2) is 5.78 Å². The van der Waals surface area contributed by atoms with Crippen molar-refractivity contribution in [2.75, 3.05) is 13.7 Å². The van der Waals surface area contributed by atoms with Gasteiger partial charge in [-0.2, -0.15) is 0 Å². The van der Waals surface area contributed by atoms with Crippen LogP contribution in [0.15, 0.2) is 36.9 Å². The summed E-state index contributed by atoms with van der Waals surface area (Å²) in [6.45, 7) is 2.14. The van der Waals surface area contributed by atoms with Crippen molar-refractivity contribution in [1.29, 1.82) is 0 Å². The summed E-state index contributed by atoms with van der Waals surface area (Å²) in [7, 11) is 1.56. The molecule has 2 aromatic rings. The molecule has 1 unspecified atom stereocenters. The zero-order chi connectivity index (χ0) is 16.1. The fourth-order valence-electron chi connectivity index (χ4n) is 2.04. The Morgan fingerprint density at radius 1 is 1.41 bits per heavy atom. The van der Waals surface area contributed by atoms with E-state index in [1.807, 2.05) is 6.92 Å². The smallest absolute Gasteiger partial charge is 0.184 e. The van der Waals surface area contributed by atoms with Crippen LogP contribution >= 0.6 is 23.2 Å². The number of hydrogen-bond donors (Lipinski definition) is 0. The molecule has 0 spiro atoms. The molecule has 0 fully saturated rings. The summed E-state index contributed by atoms with van der Waals surface area (Å²) in [5.41, 5.74) is 1.05. The number of methoxy groups -OCH3 is 1. The molecule has 0 aliphatic rings. The summed E-state index contributed by atoms with van der Waals surface area (Å²) in [6.07, 6.45) is 6.55. The highest BCUT2D eigenvalue weighted by atomic mass is 35.5. The van der Waals surface area contributed by atoms with E-state index in [0.717, 1.165) is 0 Å². The molecule has 1 aromatic carbocycles. The van der Waals surface area contributed by atoms with Gasteiger partial charge >= 0.3 is 0 Å². The number of benzene rings is 1. The monoisotopic (exact) mass is 338 g/mol. The molecular weight excluding hydrogens is 323 g/mol. The Bertz CT molecular complexity index is 661. The molecule has 6 heteroatoms. The van der Waals surface area contributed by atoms with Gasteiger partial charge in [0, 0.05) is 41.0 Å². The van der Waals surface area contributed by atoms with Crippen LogP contribution in [0.3, 0.4) is 0 Å². The molecule has 1 heterocycles. The predicted octanol–water partition coefficient (Wildman–Crippen LogP) is 4.04. The first-order valence-electron chi connectivity index (χ1n) is 6.71. The number of nitrogens with zero attached hydrogens (tertiary/aromatic N) is 2. The van der Waals surface area contributed by atoms with E-state index in [1.165, 1.54) is 0 Å². The van der Waals surface area contributed by atoms with Crippen LogP contribution in [0.25, 0.3) is 11.8 Å². The first-order valence-corrected chi connectivity index (χ1v) is 7.47. The lowest BCUT2D eigenvalue weighted by Gasteiger charge is -2.14. The lowest BCUT2D eigenvalue weighted by molar-refractivity contribution is -0.118. The number of imidazole rings is 1. The Morgan fingerprint density at radius 3 is 2.64 bits per heavy atom. The van der Waals surface area contributed by atoms with Gasteiger partial charge in [0.05, 0.1) is 18.6 Å². The standard InChI is InChI=1S/C16H16Cl2N2O2/c1-11(9-22-2)16(21)15(20-7-6-19-10-20)8-12-13(17)4-3-5-14(12)18/h3-8,10-11H,9H2,1-2H3. The average Bonchev–Trinajstić information content (AvgIpc) is 3.00. The number of allylic oxidation sites excluding steroid dienone is 1. The Balaban J connectivity index is 2.50. The normalized spacial score (nSPS) is 13.2. The van der Waals surface area contributed by atoms with Gasteiger partial charge in [-0.25, -0.2) is 4.98 Å². The van der Waals surface area contributed by atoms with Gasteiger partial charge in [-0.15, -0.1) is 0 Å². The number of ketones is 1. The molecule has 1 atom stereocenters. The van der Waals surface area contributed by atoms with Gasteiger partial charge < -0.3 is 9.30 Å². The van der Waals surface area contributed by atoms with Gasteiger partial charge in [-0.05, 0) is 18.2 Å². The van der Waals surface area contributed by atoms with Gasteiger partial charge in [-0.1, -0.05) is 36.2 Å². The summed E-state index contributed by atoms with van der Waals surface area (Å²) < 4.78 is 6.71. The first kappa shape index (κ1) is 16.7. The molecule has 0 saturated carbocycles. The molecule has 0 N–H and O–H groups in total. The SMILES string of the molecule is COCC(C)C(=O)C(=Cc1c(Cl)cccc1Cl)n1ccnc1. The minimum absolute atomic E-state index is 0.0733. The molecule has 0 aliphatic carbocycles. The molecule has 0 radical (unpaired) electrons. The Morgan fingerprint density at radius 2 is 2.09 bits per heavy atom. The lowest BCUT2D eigenvalue weighted by atomic mass is 10.0. The number of aromatic nitrogens is 2. The van der Waals surface area contributed by atoms with Crippen molar-refractivity contribution in [1.82, 2.24) is 9.55 Å². The Hall–Kier alpha value is -1.62. The fraction of sp³-hybridized carbons (Fsp3) is 0.250. The number of carbonyl (C=O) groups is 1.